The third kappa shape index (κ3) is 3.53. The van der Waals surface area contributed by atoms with E-state index in [4.69, 9.17) is 5.73 Å². The lowest BCUT2D eigenvalue weighted by molar-refractivity contribution is 0.147. The molecule has 1 aromatic rings. The molecular weight excluding hydrogens is 210 g/mol. The molecule has 0 bridgehead atoms. The van der Waals surface area contributed by atoms with Crippen LogP contribution in [0.3, 0.4) is 0 Å². The van der Waals surface area contributed by atoms with Gasteiger partial charge in [0.05, 0.1) is 0 Å². The second kappa shape index (κ2) is 6.15. The summed E-state index contributed by atoms with van der Waals surface area (Å²) < 4.78 is 0. The maximum absolute atomic E-state index is 5.91. The number of hydrogen-bond donors (Lipinski definition) is 1. The highest BCUT2D eigenvalue weighted by Crippen LogP contribution is 2.16. The zero-order valence-corrected chi connectivity index (χ0v) is 10.7. The number of rotatable bonds is 4. The van der Waals surface area contributed by atoms with Crippen molar-refractivity contribution in [3.63, 3.8) is 0 Å². The lowest BCUT2D eigenvalue weighted by Crippen LogP contribution is -2.46. The monoisotopic (exact) mass is 233 g/mol. The molecule has 1 saturated heterocycles. The summed E-state index contributed by atoms with van der Waals surface area (Å²) in [6, 6.07) is 10.6. The Bertz CT molecular complexity index is 317. The first-order valence-corrected chi connectivity index (χ1v) is 6.45. The second-order valence-electron chi connectivity index (χ2n) is 4.95. The summed E-state index contributed by atoms with van der Waals surface area (Å²) in [5, 5.41) is 0. The van der Waals surface area contributed by atoms with E-state index in [1.165, 1.54) is 31.7 Å². The number of benzene rings is 1. The molecule has 0 aliphatic carbocycles. The van der Waals surface area contributed by atoms with Crippen LogP contribution in [-0.2, 0) is 0 Å². The lowest BCUT2D eigenvalue weighted by atomic mass is 9.98. The van der Waals surface area contributed by atoms with Crippen LogP contribution >= 0.6 is 0 Å². The first kappa shape index (κ1) is 12.6. The maximum Gasteiger partial charge on any atom is 0.0110 e. The standard InChI is InChI=1S/C14H23N3/c1-16-7-9-17(10-8-16)12-14(11-15)13-5-3-2-4-6-13/h2-6,14H,7-12,15H2,1H3/t14-/m1/s1. The van der Waals surface area contributed by atoms with E-state index in [1.54, 1.807) is 0 Å². The third-order valence-corrected chi connectivity index (χ3v) is 3.63. The molecule has 2 N–H and O–H groups in total. The molecule has 0 amide bonds. The quantitative estimate of drug-likeness (QED) is 0.841. The van der Waals surface area contributed by atoms with Gasteiger partial charge in [0.25, 0.3) is 0 Å². The summed E-state index contributed by atoms with van der Waals surface area (Å²) in [4.78, 5) is 4.92. The molecule has 0 unspecified atom stereocenters. The van der Waals surface area contributed by atoms with Gasteiger partial charge in [-0.2, -0.15) is 0 Å². The van der Waals surface area contributed by atoms with Crippen molar-refractivity contribution >= 4 is 0 Å². The number of piperazine rings is 1. The van der Waals surface area contributed by atoms with Crippen LogP contribution in [0.15, 0.2) is 30.3 Å². The van der Waals surface area contributed by atoms with Crippen LogP contribution in [0.1, 0.15) is 11.5 Å². The predicted molar refractivity (Wildman–Crippen MR) is 72.2 cm³/mol. The van der Waals surface area contributed by atoms with E-state index in [0.717, 1.165) is 13.1 Å². The van der Waals surface area contributed by atoms with Gasteiger partial charge in [-0.05, 0) is 12.6 Å². The first-order chi connectivity index (χ1) is 8.29. The Kier molecular flexibility index (Phi) is 4.54. The van der Waals surface area contributed by atoms with E-state index < -0.39 is 0 Å². The van der Waals surface area contributed by atoms with Crippen LogP contribution in [0.4, 0.5) is 0 Å². The molecule has 17 heavy (non-hydrogen) atoms. The largest absolute Gasteiger partial charge is 0.330 e. The van der Waals surface area contributed by atoms with Gasteiger partial charge >= 0.3 is 0 Å². The van der Waals surface area contributed by atoms with Gasteiger partial charge in [0, 0.05) is 45.2 Å². The molecule has 2 rings (SSSR count). The number of nitrogens with two attached hydrogens (primary N) is 1. The Morgan fingerprint density at radius 1 is 1.12 bits per heavy atom. The lowest BCUT2D eigenvalue weighted by Gasteiger charge is -2.34. The van der Waals surface area contributed by atoms with Crippen molar-refractivity contribution in [2.24, 2.45) is 5.73 Å². The number of nitrogens with zero attached hydrogens (tertiary/aromatic N) is 2. The molecule has 0 aromatic heterocycles. The van der Waals surface area contributed by atoms with Crippen molar-refractivity contribution in [3.8, 4) is 0 Å². The van der Waals surface area contributed by atoms with Crippen molar-refractivity contribution in [1.29, 1.82) is 0 Å². The molecule has 0 radical (unpaired) electrons. The van der Waals surface area contributed by atoms with Gasteiger partial charge in [-0.15, -0.1) is 0 Å². The van der Waals surface area contributed by atoms with Crippen molar-refractivity contribution in [1.82, 2.24) is 9.80 Å². The Morgan fingerprint density at radius 2 is 1.76 bits per heavy atom. The first-order valence-electron chi connectivity index (χ1n) is 6.45. The van der Waals surface area contributed by atoms with E-state index in [0.29, 0.717) is 5.92 Å². The van der Waals surface area contributed by atoms with Crippen LogP contribution in [0.25, 0.3) is 0 Å². The number of hydrogen-bond acceptors (Lipinski definition) is 3. The maximum atomic E-state index is 5.91. The Hall–Kier alpha value is -0.900. The third-order valence-electron chi connectivity index (χ3n) is 3.63. The van der Waals surface area contributed by atoms with E-state index >= 15 is 0 Å². The topological polar surface area (TPSA) is 32.5 Å². The highest BCUT2D eigenvalue weighted by Gasteiger charge is 2.18. The van der Waals surface area contributed by atoms with Gasteiger partial charge in [0.15, 0.2) is 0 Å². The molecule has 0 spiro atoms. The molecule has 1 atom stereocenters. The average molecular weight is 233 g/mol. The molecule has 1 aliphatic heterocycles. The Balaban J connectivity index is 1.92. The van der Waals surface area contributed by atoms with E-state index in [-0.39, 0.29) is 0 Å². The summed E-state index contributed by atoms with van der Waals surface area (Å²) in [5.41, 5.74) is 7.28. The van der Waals surface area contributed by atoms with Crippen LogP contribution < -0.4 is 5.73 Å². The zero-order chi connectivity index (χ0) is 12.1. The summed E-state index contributed by atoms with van der Waals surface area (Å²) in [7, 11) is 2.19. The fourth-order valence-corrected chi connectivity index (χ4v) is 2.38. The summed E-state index contributed by atoms with van der Waals surface area (Å²) >= 11 is 0. The smallest absolute Gasteiger partial charge is 0.0110 e. The number of likely N-dealkylation sites (N-methyl/N-ethyl adjacent to an activating group) is 1. The molecule has 1 fully saturated rings. The fraction of sp³-hybridized carbons (Fsp3) is 0.571. The summed E-state index contributed by atoms with van der Waals surface area (Å²) in [6.45, 7) is 6.50. The molecule has 3 heteroatoms. The van der Waals surface area contributed by atoms with Crippen molar-refractivity contribution in [2.75, 3.05) is 46.3 Å². The van der Waals surface area contributed by atoms with Gasteiger partial charge in [-0.3, -0.25) is 0 Å². The molecule has 0 saturated carbocycles. The van der Waals surface area contributed by atoms with Crippen LogP contribution in [0, 0.1) is 0 Å². The second-order valence-corrected chi connectivity index (χ2v) is 4.95. The predicted octanol–water partition coefficient (Wildman–Crippen LogP) is 0.976. The normalized spacial score (nSPS) is 20.4. The van der Waals surface area contributed by atoms with Crippen molar-refractivity contribution in [3.05, 3.63) is 35.9 Å². The summed E-state index contributed by atoms with van der Waals surface area (Å²) in [6.07, 6.45) is 0. The molecule has 94 valence electrons. The minimum atomic E-state index is 0.472. The highest BCUT2D eigenvalue weighted by molar-refractivity contribution is 5.20. The van der Waals surface area contributed by atoms with E-state index in [2.05, 4.69) is 47.2 Å². The van der Waals surface area contributed by atoms with Gasteiger partial charge in [0.2, 0.25) is 0 Å². The van der Waals surface area contributed by atoms with Gasteiger partial charge in [-0.1, -0.05) is 30.3 Å². The zero-order valence-electron chi connectivity index (χ0n) is 10.7. The van der Waals surface area contributed by atoms with Crippen LogP contribution in [-0.4, -0.2) is 56.1 Å². The highest BCUT2D eigenvalue weighted by atomic mass is 15.2. The van der Waals surface area contributed by atoms with Crippen LogP contribution in [0.5, 0.6) is 0 Å². The molecule has 1 aromatic carbocycles. The van der Waals surface area contributed by atoms with Gasteiger partial charge in [0.1, 0.15) is 0 Å². The Morgan fingerprint density at radius 3 is 2.35 bits per heavy atom. The van der Waals surface area contributed by atoms with E-state index in [9.17, 15) is 0 Å². The molecule has 1 heterocycles. The van der Waals surface area contributed by atoms with Crippen molar-refractivity contribution in [2.45, 2.75) is 5.92 Å². The molecular formula is C14H23N3. The van der Waals surface area contributed by atoms with Gasteiger partial charge in [-0.25, -0.2) is 0 Å². The van der Waals surface area contributed by atoms with Crippen LogP contribution in [0.2, 0.25) is 0 Å². The molecule has 1 aliphatic rings. The minimum absolute atomic E-state index is 0.472. The minimum Gasteiger partial charge on any atom is -0.330 e. The SMILES string of the molecule is CN1CCN(C[C@@H](CN)c2ccccc2)CC1. The molecule has 3 nitrogen and oxygen atoms in total. The Labute approximate surface area is 104 Å². The van der Waals surface area contributed by atoms with E-state index in [1.807, 2.05) is 0 Å². The van der Waals surface area contributed by atoms with Crippen molar-refractivity contribution < 1.29 is 0 Å². The van der Waals surface area contributed by atoms with Gasteiger partial charge < -0.3 is 15.5 Å². The summed E-state index contributed by atoms with van der Waals surface area (Å²) in [5.74, 6) is 0.472. The average Bonchev–Trinajstić information content (AvgIpc) is 2.39. The fourth-order valence-electron chi connectivity index (χ4n) is 2.38.